The van der Waals surface area contributed by atoms with E-state index in [9.17, 15) is 9.59 Å². The van der Waals surface area contributed by atoms with E-state index in [4.69, 9.17) is 4.74 Å². The van der Waals surface area contributed by atoms with E-state index >= 15 is 0 Å². The number of hydrogen-bond donors (Lipinski definition) is 1. The van der Waals surface area contributed by atoms with Gasteiger partial charge in [0, 0.05) is 23.7 Å². The van der Waals surface area contributed by atoms with Crippen molar-refractivity contribution in [3.05, 3.63) is 81.5 Å². The van der Waals surface area contributed by atoms with Gasteiger partial charge in [-0.1, -0.05) is 43.7 Å². The molecule has 0 radical (unpaired) electrons. The Morgan fingerprint density at radius 2 is 1.83 bits per heavy atom. The summed E-state index contributed by atoms with van der Waals surface area (Å²) in [5.41, 5.74) is 4.25. The summed E-state index contributed by atoms with van der Waals surface area (Å²) in [6.07, 6.45) is 0.819. The summed E-state index contributed by atoms with van der Waals surface area (Å²) in [4.78, 5) is 31.1. The van der Waals surface area contributed by atoms with Gasteiger partial charge in [-0.05, 0) is 73.0 Å². The number of fused-ring (bicyclic) bond motifs is 1. The minimum Gasteiger partial charge on any atom is -0.491 e. The van der Waals surface area contributed by atoms with Crippen LogP contribution in [0.3, 0.4) is 0 Å². The smallest absolute Gasteiger partial charge is 0.322 e. The first-order valence-electron chi connectivity index (χ1n) is 12.6. The molecule has 1 atom stereocenters. The lowest BCUT2D eigenvalue weighted by molar-refractivity contribution is -0.135. The molecule has 0 saturated carbocycles. The lowest BCUT2D eigenvalue weighted by Gasteiger charge is -2.37. The summed E-state index contributed by atoms with van der Waals surface area (Å²) < 4.78 is 6.17. The molecule has 1 aliphatic rings. The minimum absolute atomic E-state index is 0.0211. The van der Waals surface area contributed by atoms with Crippen LogP contribution in [0.4, 0.5) is 10.5 Å². The normalized spacial score (nSPS) is 14.9. The van der Waals surface area contributed by atoms with Gasteiger partial charge in [0.2, 0.25) is 5.91 Å². The fourth-order valence-electron chi connectivity index (χ4n) is 4.42. The van der Waals surface area contributed by atoms with E-state index in [2.05, 4.69) is 42.7 Å². The molecule has 4 rings (SSSR count). The predicted molar refractivity (Wildman–Crippen MR) is 146 cm³/mol. The summed E-state index contributed by atoms with van der Waals surface area (Å²) in [6, 6.07) is 17.4. The first-order chi connectivity index (χ1) is 17.4. The number of hydrogen-bond acceptors (Lipinski definition) is 4. The third-order valence-electron chi connectivity index (χ3n) is 6.67. The quantitative estimate of drug-likeness (QED) is 0.394. The number of nitrogens with one attached hydrogen (secondary N) is 1. The molecule has 2 aromatic carbocycles. The van der Waals surface area contributed by atoms with Crippen LogP contribution in [0.1, 0.15) is 54.3 Å². The topological polar surface area (TPSA) is 61.9 Å². The van der Waals surface area contributed by atoms with E-state index in [0.29, 0.717) is 31.3 Å². The van der Waals surface area contributed by atoms with Crippen molar-refractivity contribution in [2.75, 3.05) is 31.6 Å². The van der Waals surface area contributed by atoms with Crippen molar-refractivity contribution in [2.24, 2.45) is 0 Å². The molecule has 0 spiro atoms. The minimum atomic E-state index is -0.277. The summed E-state index contributed by atoms with van der Waals surface area (Å²) in [6.45, 7) is 9.66. The van der Waals surface area contributed by atoms with Crippen LogP contribution in [-0.2, 0) is 11.2 Å². The fraction of sp³-hybridized carbons (Fsp3) is 0.379. The third-order valence-corrected chi connectivity index (χ3v) is 7.66. The Labute approximate surface area is 217 Å². The van der Waals surface area contributed by atoms with Crippen molar-refractivity contribution in [3.63, 3.8) is 0 Å². The van der Waals surface area contributed by atoms with Gasteiger partial charge >= 0.3 is 6.03 Å². The molecule has 1 aromatic heterocycles. The van der Waals surface area contributed by atoms with Crippen LogP contribution in [-0.4, -0.2) is 48.0 Å². The fourth-order valence-corrected chi connectivity index (χ4v) is 5.35. The Morgan fingerprint density at radius 3 is 2.50 bits per heavy atom. The number of carbonyl (C=O) groups is 2. The maximum absolute atomic E-state index is 13.5. The molecule has 3 amide bonds. The Bertz CT molecular complexity index is 1170. The van der Waals surface area contributed by atoms with E-state index in [1.807, 2.05) is 55.1 Å². The zero-order valence-electron chi connectivity index (χ0n) is 21.5. The van der Waals surface area contributed by atoms with Gasteiger partial charge in [0.15, 0.2) is 0 Å². The van der Waals surface area contributed by atoms with Crippen LogP contribution in [0.15, 0.2) is 60.0 Å². The number of likely N-dealkylation sites (N-methyl/N-ethyl adjacent to an activating group) is 1. The Morgan fingerprint density at radius 1 is 1.11 bits per heavy atom. The maximum Gasteiger partial charge on any atom is 0.322 e. The maximum atomic E-state index is 13.5. The van der Waals surface area contributed by atoms with Crippen LogP contribution in [0.5, 0.6) is 5.75 Å². The molecule has 7 heteroatoms. The van der Waals surface area contributed by atoms with E-state index < -0.39 is 0 Å². The highest BCUT2D eigenvalue weighted by molar-refractivity contribution is 7.10. The number of rotatable bonds is 8. The van der Waals surface area contributed by atoms with Crippen molar-refractivity contribution in [2.45, 2.75) is 46.1 Å². The summed E-state index contributed by atoms with van der Waals surface area (Å²) in [5, 5.41) is 4.98. The Kier molecular flexibility index (Phi) is 8.31. The number of aryl methyl sites for hydroxylation is 1. The molecule has 6 nitrogen and oxygen atoms in total. The van der Waals surface area contributed by atoms with Gasteiger partial charge in [-0.3, -0.25) is 4.79 Å². The first kappa shape index (κ1) is 25.8. The monoisotopic (exact) mass is 505 g/mol. The molecule has 0 fully saturated rings. The number of urea groups is 1. The average Bonchev–Trinajstić information content (AvgIpc) is 3.36. The number of thiophene rings is 1. The molecule has 1 N–H and O–H groups in total. The van der Waals surface area contributed by atoms with E-state index in [1.165, 1.54) is 10.4 Å². The zero-order chi connectivity index (χ0) is 25.7. The summed E-state index contributed by atoms with van der Waals surface area (Å²) in [5.74, 6) is 1.18. The number of nitrogens with zero attached hydrogens (tertiary/aromatic N) is 2. The largest absolute Gasteiger partial charge is 0.491 e. The molecule has 190 valence electrons. The first-order valence-corrected chi connectivity index (χ1v) is 13.4. The van der Waals surface area contributed by atoms with Crippen LogP contribution >= 0.6 is 11.3 Å². The number of carbonyl (C=O) groups excluding carboxylic acids is 2. The Balaban J connectivity index is 1.44. The van der Waals surface area contributed by atoms with Gasteiger partial charge in [-0.15, -0.1) is 11.3 Å². The molecule has 0 saturated heterocycles. The van der Waals surface area contributed by atoms with E-state index in [1.54, 1.807) is 16.2 Å². The van der Waals surface area contributed by atoms with Crippen molar-refractivity contribution in [1.29, 1.82) is 0 Å². The van der Waals surface area contributed by atoms with Crippen LogP contribution in [0, 0.1) is 6.92 Å². The lowest BCUT2D eigenvalue weighted by Crippen LogP contribution is -2.48. The van der Waals surface area contributed by atoms with Crippen molar-refractivity contribution in [3.8, 4) is 5.75 Å². The average molecular weight is 506 g/mol. The second kappa shape index (κ2) is 11.6. The standard InChI is InChI=1S/C29H35N3O3S/c1-5-31(29(34)30-23-10-6-21(4)7-11-23)18-28(33)32-16-14-27-25(15-17-36-27)26(32)19-35-24-12-8-22(9-13-24)20(2)3/h6-13,15,17,20,26H,5,14,16,18-19H2,1-4H3,(H,30,34). The Hall–Kier alpha value is -3.32. The van der Waals surface area contributed by atoms with E-state index in [-0.39, 0.29) is 24.5 Å². The van der Waals surface area contributed by atoms with Gasteiger partial charge in [0.25, 0.3) is 0 Å². The molecule has 1 unspecified atom stereocenters. The molecule has 3 aromatic rings. The number of anilines is 1. The number of ether oxygens (including phenoxy) is 1. The highest BCUT2D eigenvalue weighted by atomic mass is 32.1. The van der Waals surface area contributed by atoms with Crippen LogP contribution in [0.2, 0.25) is 0 Å². The van der Waals surface area contributed by atoms with Crippen LogP contribution < -0.4 is 10.1 Å². The van der Waals surface area contributed by atoms with Crippen molar-refractivity contribution >= 4 is 29.0 Å². The molecule has 0 bridgehead atoms. The van der Waals surface area contributed by atoms with Crippen LogP contribution in [0.25, 0.3) is 0 Å². The molecule has 0 aliphatic carbocycles. The highest BCUT2D eigenvalue weighted by Crippen LogP contribution is 2.34. The van der Waals surface area contributed by atoms with Gasteiger partial charge in [0.05, 0.1) is 6.04 Å². The lowest BCUT2D eigenvalue weighted by atomic mass is 10.00. The summed E-state index contributed by atoms with van der Waals surface area (Å²) >= 11 is 1.73. The molecule has 1 aliphatic heterocycles. The number of benzene rings is 2. The van der Waals surface area contributed by atoms with Gasteiger partial charge < -0.3 is 19.9 Å². The molecular weight excluding hydrogens is 470 g/mol. The van der Waals surface area contributed by atoms with Crippen molar-refractivity contribution in [1.82, 2.24) is 9.80 Å². The SMILES string of the molecule is CCN(CC(=O)N1CCc2sccc2C1COc1ccc(C(C)C)cc1)C(=O)Nc1ccc(C)cc1. The van der Waals surface area contributed by atoms with E-state index in [0.717, 1.165) is 23.3 Å². The summed E-state index contributed by atoms with van der Waals surface area (Å²) in [7, 11) is 0. The zero-order valence-corrected chi connectivity index (χ0v) is 22.3. The second-order valence-corrected chi connectivity index (χ2v) is 10.5. The third kappa shape index (κ3) is 6.08. The van der Waals surface area contributed by atoms with Crippen molar-refractivity contribution < 1.29 is 14.3 Å². The second-order valence-electron chi connectivity index (χ2n) is 9.50. The van der Waals surface area contributed by atoms with Gasteiger partial charge in [0.1, 0.15) is 18.9 Å². The highest BCUT2D eigenvalue weighted by Gasteiger charge is 2.33. The van der Waals surface area contributed by atoms with Gasteiger partial charge in [-0.2, -0.15) is 0 Å². The predicted octanol–water partition coefficient (Wildman–Crippen LogP) is 6.24. The molecule has 2 heterocycles. The molecular formula is C29H35N3O3S. The number of amides is 3. The molecule has 36 heavy (non-hydrogen) atoms. The van der Waals surface area contributed by atoms with Gasteiger partial charge in [-0.25, -0.2) is 4.79 Å².